The Bertz CT molecular complexity index is 518. The first-order valence-corrected chi connectivity index (χ1v) is 4.96. The molecule has 0 fully saturated rings. The van der Waals surface area contributed by atoms with E-state index in [1.807, 2.05) is 43.3 Å². The second-order valence-corrected chi connectivity index (χ2v) is 3.39. The molecule has 0 unspecified atom stereocenters. The van der Waals surface area contributed by atoms with E-state index in [2.05, 4.69) is 12.1 Å². The number of benzene rings is 2. The minimum Gasteiger partial charge on any atom is -0.298 e. The highest BCUT2D eigenvalue weighted by atomic mass is 16.1. The average molecular weight is 196 g/mol. The van der Waals surface area contributed by atoms with E-state index in [9.17, 15) is 4.79 Å². The van der Waals surface area contributed by atoms with Crippen LogP contribution in [0.25, 0.3) is 16.3 Å². The third kappa shape index (κ3) is 1.68. The summed E-state index contributed by atoms with van der Waals surface area (Å²) in [5, 5.41) is 2.29. The van der Waals surface area contributed by atoms with Crippen molar-refractivity contribution in [2.45, 2.75) is 6.92 Å². The standard InChI is InChI=1S/C14H12O/c1-2-11(10-15)13-9-5-7-12-6-3-4-8-14(12)13/h2-10H,1H3/b11-2-. The molecule has 0 aromatic heterocycles. The molecule has 0 bridgehead atoms. The molecule has 0 atom stereocenters. The van der Waals surface area contributed by atoms with Crippen molar-refractivity contribution < 1.29 is 4.79 Å². The minimum absolute atomic E-state index is 0.742. The summed E-state index contributed by atoms with van der Waals surface area (Å²) in [6.45, 7) is 1.88. The Morgan fingerprint density at radius 1 is 1.07 bits per heavy atom. The number of hydrogen-bond acceptors (Lipinski definition) is 1. The first-order chi connectivity index (χ1) is 7.36. The van der Waals surface area contributed by atoms with Crippen molar-refractivity contribution in [3.05, 3.63) is 54.1 Å². The zero-order valence-corrected chi connectivity index (χ0v) is 8.60. The molecule has 0 heterocycles. The summed E-state index contributed by atoms with van der Waals surface area (Å²) in [4.78, 5) is 10.9. The molecule has 15 heavy (non-hydrogen) atoms. The smallest absolute Gasteiger partial charge is 0.150 e. The number of carbonyl (C=O) groups is 1. The molecule has 1 nitrogen and oxygen atoms in total. The molecule has 0 aliphatic carbocycles. The first kappa shape index (κ1) is 9.66. The lowest BCUT2D eigenvalue weighted by molar-refractivity contribution is -0.103. The monoisotopic (exact) mass is 196 g/mol. The van der Waals surface area contributed by atoms with Crippen LogP contribution in [0.15, 0.2) is 48.5 Å². The predicted molar refractivity (Wildman–Crippen MR) is 63.7 cm³/mol. The Morgan fingerprint density at radius 2 is 1.80 bits per heavy atom. The van der Waals surface area contributed by atoms with Crippen LogP contribution in [0.2, 0.25) is 0 Å². The Morgan fingerprint density at radius 3 is 2.53 bits per heavy atom. The van der Waals surface area contributed by atoms with Crippen LogP contribution in [0.1, 0.15) is 12.5 Å². The maximum atomic E-state index is 10.9. The second kappa shape index (κ2) is 4.09. The Hall–Kier alpha value is -1.89. The molecule has 0 radical (unpaired) electrons. The van der Waals surface area contributed by atoms with E-state index < -0.39 is 0 Å². The van der Waals surface area contributed by atoms with Crippen molar-refractivity contribution in [2.24, 2.45) is 0 Å². The van der Waals surface area contributed by atoms with Crippen LogP contribution in [0.5, 0.6) is 0 Å². The van der Waals surface area contributed by atoms with Crippen LogP contribution in [0, 0.1) is 0 Å². The summed E-state index contributed by atoms with van der Waals surface area (Å²) in [6.07, 6.45) is 2.75. The van der Waals surface area contributed by atoms with Crippen LogP contribution in [-0.4, -0.2) is 6.29 Å². The zero-order valence-electron chi connectivity index (χ0n) is 8.60. The lowest BCUT2D eigenvalue weighted by atomic mass is 9.99. The van der Waals surface area contributed by atoms with Gasteiger partial charge in [0.25, 0.3) is 0 Å². The number of rotatable bonds is 2. The van der Waals surface area contributed by atoms with Gasteiger partial charge in [0.15, 0.2) is 0 Å². The Kier molecular flexibility index (Phi) is 2.64. The Labute approximate surface area is 89.0 Å². The second-order valence-electron chi connectivity index (χ2n) is 3.39. The van der Waals surface area contributed by atoms with Gasteiger partial charge >= 0.3 is 0 Å². The molecule has 0 amide bonds. The number of carbonyl (C=O) groups excluding carboxylic acids is 1. The van der Waals surface area contributed by atoms with Crippen molar-refractivity contribution in [1.82, 2.24) is 0 Å². The van der Waals surface area contributed by atoms with Crippen molar-refractivity contribution in [3.63, 3.8) is 0 Å². The van der Waals surface area contributed by atoms with Gasteiger partial charge in [0.1, 0.15) is 6.29 Å². The molecule has 74 valence electrons. The molecule has 2 aromatic carbocycles. The molecule has 0 aliphatic rings. The van der Waals surface area contributed by atoms with E-state index in [1.165, 1.54) is 0 Å². The zero-order chi connectivity index (χ0) is 10.7. The van der Waals surface area contributed by atoms with Gasteiger partial charge in [-0.05, 0) is 23.3 Å². The van der Waals surface area contributed by atoms with Gasteiger partial charge in [-0.3, -0.25) is 4.79 Å². The molecule has 1 heteroatoms. The summed E-state index contributed by atoms with van der Waals surface area (Å²) in [7, 11) is 0. The number of hydrogen-bond donors (Lipinski definition) is 0. The summed E-state index contributed by atoms with van der Waals surface area (Å²) in [5.74, 6) is 0. The minimum atomic E-state index is 0.742. The topological polar surface area (TPSA) is 17.1 Å². The highest BCUT2D eigenvalue weighted by molar-refractivity contribution is 6.12. The average Bonchev–Trinajstić information content (AvgIpc) is 2.31. The Balaban J connectivity index is 2.76. The fraction of sp³-hybridized carbons (Fsp3) is 0.0714. The molecule has 0 saturated carbocycles. The first-order valence-electron chi connectivity index (χ1n) is 4.96. The maximum absolute atomic E-state index is 10.9. The van der Waals surface area contributed by atoms with Crippen molar-refractivity contribution in [3.8, 4) is 0 Å². The summed E-state index contributed by atoms with van der Waals surface area (Å²) < 4.78 is 0. The van der Waals surface area contributed by atoms with E-state index in [0.717, 1.165) is 28.2 Å². The summed E-state index contributed by atoms with van der Waals surface area (Å²) in [5.41, 5.74) is 1.75. The number of aldehydes is 1. The van der Waals surface area contributed by atoms with Gasteiger partial charge in [-0.2, -0.15) is 0 Å². The lowest BCUT2D eigenvalue weighted by Gasteiger charge is -2.05. The van der Waals surface area contributed by atoms with Crippen LogP contribution < -0.4 is 0 Å². The van der Waals surface area contributed by atoms with Gasteiger partial charge < -0.3 is 0 Å². The van der Waals surface area contributed by atoms with Gasteiger partial charge in [-0.1, -0.05) is 48.5 Å². The molecule has 2 aromatic rings. The van der Waals surface area contributed by atoms with Crippen molar-refractivity contribution >= 4 is 22.6 Å². The largest absolute Gasteiger partial charge is 0.298 e. The summed E-state index contributed by atoms with van der Waals surface area (Å²) >= 11 is 0. The van der Waals surface area contributed by atoms with Gasteiger partial charge in [-0.15, -0.1) is 0 Å². The molecule has 0 spiro atoms. The molecule has 0 N–H and O–H groups in total. The number of fused-ring (bicyclic) bond motifs is 1. The van der Waals surface area contributed by atoms with Crippen LogP contribution in [0.3, 0.4) is 0 Å². The van der Waals surface area contributed by atoms with E-state index in [-0.39, 0.29) is 0 Å². The van der Waals surface area contributed by atoms with Crippen molar-refractivity contribution in [1.29, 1.82) is 0 Å². The third-order valence-electron chi connectivity index (χ3n) is 2.54. The van der Waals surface area contributed by atoms with Crippen LogP contribution in [0.4, 0.5) is 0 Å². The van der Waals surface area contributed by atoms with Gasteiger partial charge in [0.2, 0.25) is 0 Å². The van der Waals surface area contributed by atoms with E-state index in [0.29, 0.717) is 0 Å². The maximum Gasteiger partial charge on any atom is 0.150 e. The fourth-order valence-corrected chi connectivity index (χ4v) is 1.76. The highest BCUT2D eigenvalue weighted by Crippen LogP contribution is 2.23. The molecule has 0 aliphatic heterocycles. The SMILES string of the molecule is C/C=C(/C=O)c1cccc2ccccc12. The van der Waals surface area contributed by atoms with E-state index in [4.69, 9.17) is 0 Å². The highest BCUT2D eigenvalue weighted by Gasteiger charge is 2.03. The van der Waals surface area contributed by atoms with Gasteiger partial charge in [-0.25, -0.2) is 0 Å². The predicted octanol–water partition coefficient (Wildman–Crippen LogP) is 3.44. The normalized spacial score (nSPS) is 11.7. The molecular weight excluding hydrogens is 184 g/mol. The van der Waals surface area contributed by atoms with Crippen LogP contribution in [-0.2, 0) is 4.79 Å². The molecule has 0 saturated heterocycles. The van der Waals surface area contributed by atoms with E-state index >= 15 is 0 Å². The number of allylic oxidation sites excluding steroid dienone is 2. The fourth-order valence-electron chi connectivity index (χ4n) is 1.76. The lowest BCUT2D eigenvalue weighted by Crippen LogP contribution is -1.87. The van der Waals surface area contributed by atoms with Crippen LogP contribution >= 0.6 is 0 Å². The summed E-state index contributed by atoms with van der Waals surface area (Å²) in [6, 6.07) is 14.1. The quantitative estimate of drug-likeness (QED) is 0.531. The van der Waals surface area contributed by atoms with Crippen molar-refractivity contribution in [2.75, 3.05) is 0 Å². The molecular formula is C14H12O. The van der Waals surface area contributed by atoms with Gasteiger partial charge in [0.05, 0.1) is 0 Å². The van der Waals surface area contributed by atoms with Gasteiger partial charge in [0, 0.05) is 5.57 Å². The third-order valence-corrected chi connectivity index (χ3v) is 2.54. The van der Waals surface area contributed by atoms with E-state index in [1.54, 1.807) is 0 Å². The molecule has 2 rings (SSSR count).